The van der Waals surface area contributed by atoms with E-state index >= 15 is 0 Å². The van der Waals surface area contributed by atoms with Crippen LogP contribution in [0, 0.1) is 11.3 Å². The van der Waals surface area contributed by atoms with Crippen LogP contribution in [0.2, 0.25) is 0 Å². The van der Waals surface area contributed by atoms with E-state index in [1.165, 1.54) is 0 Å². The molecule has 0 aromatic carbocycles. The number of rotatable bonds is 3. The summed E-state index contributed by atoms with van der Waals surface area (Å²) in [5, 5.41) is 8.18. The van der Waals surface area contributed by atoms with E-state index in [4.69, 9.17) is 5.26 Å². The molecule has 0 radical (unpaired) electrons. The molecule has 12 heavy (non-hydrogen) atoms. The van der Waals surface area contributed by atoms with Crippen LogP contribution in [0.3, 0.4) is 0 Å². The van der Waals surface area contributed by atoms with E-state index in [0.717, 1.165) is 0 Å². The molecule has 0 aliphatic carbocycles. The highest BCUT2D eigenvalue weighted by Crippen LogP contribution is 1.91. The number of nitrogens with zero attached hydrogens (tertiary/aromatic N) is 2. The van der Waals surface area contributed by atoms with Gasteiger partial charge in [-0.2, -0.15) is 5.26 Å². The maximum absolute atomic E-state index is 10.9. The molecule has 1 amide bonds. The summed E-state index contributed by atoms with van der Waals surface area (Å²) in [5.41, 5.74) is 0. The summed E-state index contributed by atoms with van der Waals surface area (Å²) in [4.78, 5) is 12.6. The minimum absolute atomic E-state index is 0.00167. The lowest BCUT2D eigenvalue weighted by Crippen LogP contribution is -2.29. The van der Waals surface area contributed by atoms with Crippen LogP contribution in [0.15, 0.2) is 0 Å². The molecule has 3 nitrogen and oxygen atoms in total. The van der Waals surface area contributed by atoms with Gasteiger partial charge in [0.2, 0.25) is 5.91 Å². The molecule has 0 fully saturated rings. The normalized spacial score (nSPS) is 7.58. The van der Waals surface area contributed by atoms with Crippen LogP contribution in [-0.4, -0.2) is 23.9 Å². The molecule has 0 spiro atoms. The van der Waals surface area contributed by atoms with Crippen LogP contribution in [-0.2, 0) is 4.79 Å². The van der Waals surface area contributed by atoms with Gasteiger partial charge >= 0.3 is 0 Å². The van der Waals surface area contributed by atoms with Gasteiger partial charge in [-0.1, -0.05) is 13.8 Å². The average Bonchev–Trinajstić information content (AvgIpc) is 2.11. The second kappa shape index (κ2) is 9.96. The van der Waals surface area contributed by atoms with Crippen molar-refractivity contribution in [1.29, 1.82) is 5.26 Å². The monoisotopic (exact) mass is 170 g/mol. The fraction of sp³-hybridized carbons (Fsp3) is 0.778. The second-order valence-corrected chi connectivity index (χ2v) is 1.90. The molecule has 0 aromatic rings. The molecule has 0 rings (SSSR count). The van der Waals surface area contributed by atoms with E-state index in [1.54, 1.807) is 4.90 Å². The Morgan fingerprint density at radius 1 is 1.33 bits per heavy atom. The summed E-state index contributed by atoms with van der Waals surface area (Å²) in [6.45, 7) is 9.19. The fourth-order valence-corrected chi connectivity index (χ4v) is 0.756. The Morgan fingerprint density at radius 2 is 1.75 bits per heavy atom. The Labute approximate surface area is 75.0 Å². The maximum Gasteiger partial charge on any atom is 0.236 e. The van der Waals surface area contributed by atoms with E-state index in [-0.39, 0.29) is 12.3 Å². The Kier molecular flexibility index (Phi) is 11.2. The van der Waals surface area contributed by atoms with Crippen LogP contribution in [0.1, 0.15) is 34.1 Å². The SMILES string of the molecule is CC.CCN(CC)C(=O)CC#N. The lowest BCUT2D eigenvalue weighted by Gasteiger charge is -2.16. The fourth-order valence-electron chi connectivity index (χ4n) is 0.756. The van der Waals surface area contributed by atoms with Gasteiger partial charge in [0.25, 0.3) is 0 Å². The summed E-state index contributed by atoms with van der Waals surface area (Å²) in [6.07, 6.45) is 0.00167. The summed E-state index contributed by atoms with van der Waals surface area (Å²) in [6, 6.07) is 1.83. The van der Waals surface area contributed by atoms with Gasteiger partial charge in [0.1, 0.15) is 6.42 Å². The molecule has 0 heterocycles. The third-order valence-corrected chi connectivity index (χ3v) is 1.35. The first-order chi connectivity index (χ1) is 5.76. The molecule has 0 atom stereocenters. The van der Waals surface area contributed by atoms with Gasteiger partial charge in [-0.3, -0.25) is 4.79 Å². The zero-order chi connectivity index (χ0) is 9.98. The molecule has 0 aromatic heterocycles. The van der Waals surface area contributed by atoms with Crippen LogP contribution in [0.5, 0.6) is 0 Å². The molecule has 0 N–H and O–H groups in total. The number of hydrogen-bond donors (Lipinski definition) is 0. The average molecular weight is 170 g/mol. The smallest absolute Gasteiger partial charge is 0.236 e. The van der Waals surface area contributed by atoms with Gasteiger partial charge in [-0.25, -0.2) is 0 Å². The van der Waals surface area contributed by atoms with Gasteiger partial charge in [0.15, 0.2) is 0 Å². The highest BCUT2D eigenvalue weighted by Gasteiger charge is 2.06. The molecular formula is C9H18N2O. The van der Waals surface area contributed by atoms with E-state index in [9.17, 15) is 4.79 Å². The van der Waals surface area contributed by atoms with Crippen molar-refractivity contribution in [2.45, 2.75) is 34.1 Å². The number of hydrogen-bond acceptors (Lipinski definition) is 2. The number of nitriles is 1. The van der Waals surface area contributed by atoms with E-state index in [1.807, 2.05) is 33.8 Å². The van der Waals surface area contributed by atoms with E-state index in [0.29, 0.717) is 13.1 Å². The molecule has 0 unspecified atom stereocenters. The quantitative estimate of drug-likeness (QED) is 0.648. The van der Waals surface area contributed by atoms with Crippen molar-refractivity contribution < 1.29 is 4.79 Å². The van der Waals surface area contributed by atoms with E-state index in [2.05, 4.69) is 0 Å². The molecule has 3 heteroatoms. The highest BCUT2D eigenvalue weighted by molar-refractivity contribution is 5.78. The largest absolute Gasteiger partial charge is 0.342 e. The molecule has 70 valence electrons. The highest BCUT2D eigenvalue weighted by atomic mass is 16.2. The molecule has 0 aliphatic rings. The van der Waals surface area contributed by atoms with Gasteiger partial charge < -0.3 is 4.90 Å². The van der Waals surface area contributed by atoms with Gasteiger partial charge in [-0.05, 0) is 13.8 Å². The minimum Gasteiger partial charge on any atom is -0.342 e. The third kappa shape index (κ3) is 5.72. The first kappa shape index (κ1) is 13.5. The molecular weight excluding hydrogens is 152 g/mol. The molecule has 0 bridgehead atoms. The minimum atomic E-state index is -0.0764. The van der Waals surface area contributed by atoms with Gasteiger partial charge in [0, 0.05) is 13.1 Å². The van der Waals surface area contributed by atoms with Gasteiger partial charge in [0.05, 0.1) is 6.07 Å². The van der Waals surface area contributed by atoms with Crippen LogP contribution in [0.25, 0.3) is 0 Å². The zero-order valence-corrected chi connectivity index (χ0v) is 8.42. The Hall–Kier alpha value is -1.04. The Balaban J connectivity index is 0. The summed E-state index contributed by atoms with van der Waals surface area (Å²) in [5.74, 6) is -0.0764. The van der Waals surface area contributed by atoms with Crippen LogP contribution < -0.4 is 0 Å². The van der Waals surface area contributed by atoms with Crippen LogP contribution >= 0.6 is 0 Å². The van der Waals surface area contributed by atoms with Crippen molar-refractivity contribution in [2.75, 3.05) is 13.1 Å². The standard InChI is InChI=1S/C7H12N2O.C2H6/c1-3-9(4-2)7(10)5-6-8;1-2/h3-5H2,1-2H3;1-2H3. The molecule has 0 saturated carbocycles. The lowest BCUT2D eigenvalue weighted by molar-refractivity contribution is -0.129. The first-order valence-electron chi connectivity index (χ1n) is 4.41. The summed E-state index contributed by atoms with van der Waals surface area (Å²) in [7, 11) is 0. The van der Waals surface area contributed by atoms with Crippen molar-refractivity contribution in [3.63, 3.8) is 0 Å². The predicted octanol–water partition coefficient (Wildman–Crippen LogP) is 1.79. The second-order valence-electron chi connectivity index (χ2n) is 1.90. The zero-order valence-electron chi connectivity index (χ0n) is 8.42. The van der Waals surface area contributed by atoms with Crippen LogP contribution in [0.4, 0.5) is 0 Å². The number of carbonyl (C=O) groups is 1. The molecule has 0 aliphatic heterocycles. The predicted molar refractivity (Wildman–Crippen MR) is 49.5 cm³/mol. The summed E-state index contributed by atoms with van der Waals surface area (Å²) >= 11 is 0. The number of amides is 1. The lowest BCUT2D eigenvalue weighted by atomic mass is 10.4. The Bertz CT molecular complexity index is 145. The maximum atomic E-state index is 10.9. The third-order valence-electron chi connectivity index (χ3n) is 1.35. The van der Waals surface area contributed by atoms with Crippen molar-refractivity contribution in [3.05, 3.63) is 0 Å². The summed E-state index contributed by atoms with van der Waals surface area (Å²) < 4.78 is 0. The first-order valence-corrected chi connectivity index (χ1v) is 4.41. The molecule has 0 saturated heterocycles. The van der Waals surface area contributed by atoms with Crippen molar-refractivity contribution >= 4 is 5.91 Å². The van der Waals surface area contributed by atoms with E-state index < -0.39 is 0 Å². The van der Waals surface area contributed by atoms with Crippen molar-refractivity contribution in [3.8, 4) is 6.07 Å². The topological polar surface area (TPSA) is 44.1 Å². The van der Waals surface area contributed by atoms with Crippen molar-refractivity contribution in [1.82, 2.24) is 4.90 Å². The van der Waals surface area contributed by atoms with Crippen molar-refractivity contribution in [2.24, 2.45) is 0 Å². The van der Waals surface area contributed by atoms with Gasteiger partial charge in [-0.15, -0.1) is 0 Å². The Morgan fingerprint density at radius 3 is 2.00 bits per heavy atom. The number of carbonyl (C=O) groups excluding carboxylic acids is 1.